The summed E-state index contributed by atoms with van der Waals surface area (Å²) < 4.78 is 32.7. The zero-order valence-electron chi connectivity index (χ0n) is 16.6. The molecule has 0 aromatic carbocycles. The Morgan fingerprint density at radius 2 is 1.12 bits per heavy atom. The lowest BCUT2D eigenvalue weighted by Crippen LogP contribution is -2.52. The summed E-state index contributed by atoms with van der Waals surface area (Å²) in [4.78, 5) is 0. The molecule has 0 aliphatic rings. The molecule has 24 heavy (non-hydrogen) atoms. The summed E-state index contributed by atoms with van der Waals surface area (Å²) in [5, 5.41) is -0.704. The molecule has 1 atom stereocenters. The predicted molar refractivity (Wildman–Crippen MR) is 104 cm³/mol. The largest absolute Gasteiger partial charge is 0.319 e. The van der Waals surface area contributed by atoms with Crippen LogP contribution in [0.3, 0.4) is 0 Å². The van der Waals surface area contributed by atoms with Crippen molar-refractivity contribution in [3.63, 3.8) is 0 Å². The molecule has 1 unspecified atom stereocenters. The molecule has 1 N–H and O–H groups in total. The third-order valence-corrected chi connectivity index (χ3v) is 6.65. The molecule has 0 saturated carbocycles. The molecule has 4 nitrogen and oxygen atoms in total. The first-order valence-electron chi connectivity index (χ1n) is 10.0. The highest BCUT2D eigenvalue weighted by Crippen LogP contribution is 2.18. The highest BCUT2D eigenvalue weighted by atomic mass is 32.2. The summed E-state index contributed by atoms with van der Waals surface area (Å²) in [7, 11) is -0.160. The molecule has 0 heterocycles. The van der Waals surface area contributed by atoms with E-state index in [1.807, 2.05) is 21.0 Å². The van der Waals surface area contributed by atoms with Crippen molar-refractivity contribution in [2.45, 2.75) is 103 Å². The van der Waals surface area contributed by atoms with E-state index in [9.17, 15) is 13.0 Å². The van der Waals surface area contributed by atoms with Gasteiger partial charge in [-0.3, -0.25) is 4.55 Å². The van der Waals surface area contributed by atoms with Gasteiger partial charge >= 0.3 is 10.1 Å². The van der Waals surface area contributed by atoms with E-state index in [2.05, 4.69) is 6.92 Å². The van der Waals surface area contributed by atoms with Crippen LogP contribution in [0.15, 0.2) is 0 Å². The van der Waals surface area contributed by atoms with Gasteiger partial charge in [-0.15, -0.1) is 0 Å². The number of quaternary nitrogens is 1. The zero-order valence-corrected chi connectivity index (χ0v) is 17.4. The average molecular weight is 365 g/mol. The quantitative estimate of drug-likeness (QED) is 0.227. The maximum Gasteiger partial charge on any atom is 0.319 e. The van der Waals surface area contributed by atoms with Crippen molar-refractivity contribution in [1.29, 1.82) is 0 Å². The molecule has 0 aromatic heterocycles. The number of unbranched alkanes of at least 4 members (excludes halogenated alkanes) is 11. The lowest BCUT2D eigenvalue weighted by Gasteiger charge is -2.35. The van der Waals surface area contributed by atoms with Gasteiger partial charge in [0.1, 0.15) is 0 Å². The van der Waals surface area contributed by atoms with Crippen molar-refractivity contribution in [1.82, 2.24) is 0 Å². The highest BCUT2D eigenvalue weighted by molar-refractivity contribution is 7.86. The second-order valence-electron chi connectivity index (χ2n) is 7.77. The standard InChI is InChI=1S/C19H41NO3S/c1-5-7-8-9-10-11-12-13-14-15-16-17-18-20(3,4)19(6-2)24(21,22)23/h19H,5-18H2,1-4H3/p+1. The van der Waals surface area contributed by atoms with Crippen LogP contribution in [0.2, 0.25) is 0 Å². The molecule has 0 amide bonds. The van der Waals surface area contributed by atoms with Crippen LogP contribution in [0.1, 0.15) is 97.3 Å². The molecule has 5 heteroatoms. The SMILES string of the molecule is CCCCCCCCCCCCCC[N+](C)(C)C(CC)S(=O)(=O)O. The summed E-state index contributed by atoms with van der Waals surface area (Å²) in [6.45, 7) is 4.88. The van der Waals surface area contributed by atoms with E-state index in [1.54, 1.807) is 0 Å². The van der Waals surface area contributed by atoms with Gasteiger partial charge in [0.05, 0.1) is 20.6 Å². The number of nitrogens with zero attached hydrogens (tertiary/aromatic N) is 1. The first-order valence-corrected chi connectivity index (χ1v) is 11.5. The molecule has 0 spiro atoms. The van der Waals surface area contributed by atoms with Crippen molar-refractivity contribution in [3.05, 3.63) is 0 Å². The summed E-state index contributed by atoms with van der Waals surface area (Å²) in [6.07, 6.45) is 16.1. The van der Waals surface area contributed by atoms with E-state index in [0.29, 0.717) is 10.9 Å². The van der Waals surface area contributed by atoms with Crippen LogP contribution in [-0.4, -0.2) is 43.5 Å². The van der Waals surface area contributed by atoms with Gasteiger partial charge in [-0.1, -0.05) is 78.1 Å². The van der Waals surface area contributed by atoms with Crippen LogP contribution in [-0.2, 0) is 10.1 Å². The predicted octanol–water partition coefficient (Wildman–Crippen LogP) is 5.39. The fourth-order valence-electron chi connectivity index (χ4n) is 3.57. The van der Waals surface area contributed by atoms with Gasteiger partial charge in [-0.2, -0.15) is 8.42 Å². The second-order valence-corrected chi connectivity index (χ2v) is 9.34. The summed E-state index contributed by atoms with van der Waals surface area (Å²) >= 11 is 0. The lowest BCUT2D eigenvalue weighted by molar-refractivity contribution is -0.902. The van der Waals surface area contributed by atoms with E-state index in [4.69, 9.17) is 0 Å². The van der Waals surface area contributed by atoms with Crippen LogP contribution in [0.25, 0.3) is 0 Å². The second kappa shape index (κ2) is 13.1. The van der Waals surface area contributed by atoms with E-state index >= 15 is 0 Å². The first-order chi connectivity index (χ1) is 11.3. The number of hydrogen-bond donors (Lipinski definition) is 1. The Morgan fingerprint density at radius 1 is 0.750 bits per heavy atom. The van der Waals surface area contributed by atoms with Crippen LogP contribution < -0.4 is 0 Å². The Hall–Kier alpha value is -0.130. The van der Waals surface area contributed by atoms with Crippen molar-refractivity contribution in [2.24, 2.45) is 0 Å². The van der Waals surface area contributed by atoms with Crippen molar-refractivity contribution in [2.75, 3.05) is 20.6 Å². The fourth-order valence-corrected chi connectivity index (χ4v) is 4.82. The lowest BCUT2D eigenvalue weighted by atomic mass is 10.1. The van der Waals surface area contributed by atoms with Crippen molar-refractivity contribution >= 4 is 10.1 Å². The molecule has 0 bridgehead atoms. The first kappa shape index (κ1) is 23.9. The zero-order chi connectivity index (χ0) is 18.5. The monoisotopic (exact) mass is 364 g/mol. The number of rotatable bonds is 16. The van der Waals surface area contributed by atoms with Gasteiger partial charge in [0.25, 0.3) is 0 Å². The number of hydrogen-bond acceptors (Lipinski definition) is 2. The van der Waals surface area contributed by atoms with Crippen LogP contribution >= 0.6 is 0 Å². The Kier molecular flexibility index (Phi) is 13.1. The average Bonchev–Trinajstić information content (AvgIpc) is 2.47. The van der Waals surface area contributed by atoms with Gasteiger partial charge in [-0.25, -0.2) is 0 Å². The summed E-state index contributed by atoms with van der Waals surface area (Å²) in [5.41, 5.74) is 0. The topological polar surface area (TPSA) is 54.4 Å². The molecule has 0 aliphatic carbocycles. The van der Waals surface area contributed by atoms with Gasteiger partial charge in [0, 0.05) is 6.42 Å². The highest BCUT2D eigenvalue weighted by Gasteiger charge is 2.36. The minimum Gasteiger partial charge on any atom is -0.312 e. The molecule has 0 aliphatic heterocycles. The summed E-state index contributed by atoms with van der Waals surface area (Å²) in [5.74, 6) is 0. The van der Waals surface area contributed by atoms with Gasteiger partial charge < -0.3 is 4.48 Å². The van der Waals surface area contributed by atoms with Crippen LogP contribution in [0, 0.1) is 0 Å². The molecular weight excluding hydrogens is 322 g/mol. The molecule has 0 fully saturated rings. The molecule has 0 radical (unpaired) electrons. The Bertz CT molecular complexity index is 393. The third-order valence-electron chi connectivity index (χ3n) is 5.06. The van der Waals surface area contributed by atoms with E-state index in [-0.39, 0.29) is 0 Å². The normalized spacial score (nSPS) is 14.0. The van der Waals surface area contributed by atoms with Crippen molar-refractivity contribution < 1.29 is 17.5 Å². The van der Waals surface area contributed by atoms with E-state index < -0.39 is 15.5 Å². The van der Waals surface area contributed by atoms with Crippen molar-refractivity contribution in [3.8, 4) is 0 Å². The molecule has 0 saturated heterocycles. The van der Waals surface area contributed by atoms with E-state index in [0.717, 1.165) is 19.4 Å². The Labute approximate surface area is 151 Å². The maximum atomic E-state index is 11.5. The van der Waals surface area contributed by atoms with Gasteiger partial charge in [0.2, 0.25) is 5.37 Å². The molecule has 146 valence electrons. The van der Waals surface area contributed by atoms with Crippen LogP contribution in [0.5, 0.6) is 0 Å². The minimum absolute atomic E-state index is 0.354. The van der Waals surface area contributed by atoms with Gasteiger partial charge in [-0.05, 0) is 12.8 Å². The molecule has 0 aromatic rings. The Morgan fingerprint density at radius 3 is 1.46 bits per heavy atom. The Balaban J connectivity index is 3.65. The minimum atomic E-state index is -3.97. The molecular formula is C19H42NO3S+. The maximum absolute atomic E-state index is 11.5. The van der Waals surface area contributed by atoms with E-state index in [1.165, 1.54) is 64.2 Å². The fraction of sp³-hybridized carbons (Fsp3) is 1.00. The summed E-state index contributed by atoms with van der Waals surface area (Å²) in [6, 6.07) is 0. The molecule has 0 rings (SSSR count). The third kappa shape index (κ3) is 11.4. The van der Waals surface area contributed by atoms with Crippen LogP contribution in [0.4, 0.5) is 0 Å². The smallest absolute Gasteiger partial charge is 0.312 e. The van der Waals surface area contributed by atoms with Gasteiger partial charge in [0.15, 0.2) is 0 Å².